The maximum atomic E-state index is 12.5. The van der Waals surface area contributed by atoms with Gasteiger partial charge in [-0.15, -0.1) is 0 Å². The van der Waals surface area contributed by atoms with Crippen LogP contribution in [0.15, 0.2) is 12.1 Å². The average Bonchev–Trinajstić information content (AvgIpc) is 2.48. The second-order valence-electron chi connectivity index (χ2n) is 5.65. The van der Waals surface area contributed by atoms with E-state index in [9.17, 15) is 4.79 Å². The van der Waals surface area contributed by atoms with Crippen LogP contribution in [0.1, 0.15) is 26.2 Å². The van der Waals surface area contributed by atoms with Crippen LogP contribution in [0.2, 0.25) is 5.02 Å². The molecule has 0 radical (unpaired) electrons. The maximum absolute atomic E-state index is 12.5. The third-order valence-electron chi connectivity index (χ3n) is 4.00. The zero-order chi connectivity index (χ0) is 14.9. The van der Waals surface area contributed by atoms with Crippen molar-refractivity contribution in [2.24, 2.45) is 0 Å². The molecule has 3 rings (SSSR count). The van der Waals surface area contributed by atoms with Crippen LogP contribution in [0.5, 0.6) is 11.5 Å². The summed E-state index contributed by atoms with van der Waals surface area (Å²) < 4.78 is 11.0. The Morgan fingerprint density at radius 1 is 1.29 bits per heavy atom. The number of rotatable bonds is 2. The van der Waals surface area contributed by atoms with Gasteiger partial charge in [0.05, 0.1) is 16.2 Å². The van der Waals surface area contributed by atoms with E-state index in [-0.39, 0.29) is 5.91 Å². The molecule has 0 aliphatic carbocycles. The fourth-order valence-corrected chi connectivity index (χ4v) is 2.87. The Labute approximate surface area is 128 Å². The van der Waals surface area contributed by atoms with Gasteiger partial charge < -0.3 is 20.1 Å². The van der Waals surface area contributed by atoms with E-state index < -0.39 is 5.54 Å². The zero-order valence-electron chi connectivity index (χ0n) is 12.0. The molecule has 2 aliphatic heterocycles. The number of piperidine rings is 1. The van der Waals surface area contributed by atoms with Crippen LogP contribution in [0, 0.1) is 0 Å². The molecule has 2 heterocycles. The molecule has 1 amide bonds. The van der Waals surface area contributed by atoms with Gasteiger partial charge in [-0.3, -0.25) is 4.79 Å². The number of halogens is 1. The summed E-state index contributed by atoms with van der Waals surface area (Å²) in [7, 11) is 0. The number of benzene rings is 1. The number of hydrogen-bond donors (Lipinski definition) is 2. The van der Waals surface area contributed by atoms with Crippen LogP contribution in [0.25, 0.3) is 0 Å². The van der Waals surface area contributed by atoms with Crippen molar-refractivity contribution in [3.63, 3.8) is 0 Å². The minimum Gasteiger partial charge on any atom is -0.486 e. The Bertz CT molecular complexity index is 556. The topological polar surface area (TPSA) is 59.6 Å². The van der Waals surface area contributed by atoms with E-state index in [4.69, 9.17) is 21.1 Å². The standard InChI is InChI=1S/C15H19ClN2O3/c1-15(4-2-3-5-17-15)14(19)18-11-9-13-12(8-10(11)16)20-6-7-21-13/h8-9,17H,2-7H2,1H3,(H,18,19). The average molecular weight is 311 g/mol. The number of fused-ring (bicyclic) bond motifs is 1. The van der Waals surface area contributed by atoms with Crippen LogP contribution in [0.3, 0.4) is 0 Å². The molecule has 114 valence electrons. The summed E-state index contributed by atoms with van der Waals surface area (Å²) in [5.74, 6) is 1.16. The predicted octanol–water partition coefficient (Wildman–Crippen LogP) is 2.58. The summed E-state index contributed by atoms with van der Waals surface area (Å²) in [5, 5.41) is 6.64. The first-order valence-corrected chi connectivity index (χ1v) is 7.62. The van der Waals surface area contributed by atoms with E-state index in [1.165, 1.54) is 0 Å². The molecule has 6 heteroatoms. The molecule has 0 spiro atoms. The van der Waals surface area contributed by atoms with Gasteiger partial charge in [-0.2, -0.15) is 0 Å². The molecule has 21 heavy (non-hydrogen) atoms. The lowest BCUT2D eigenvalue weighted by Gasteiger charge is -2.33. The van der Waals surface area contributed by atoms with Gasteiger partial charge in [0.1, 0.15) is 13.2 Å². The van der Waals surface area contributed by atoms with Gasteiger partial charge in [0.15, 0.2) is 11.5 Å². The highest BCUT2D eigenvalue weighted by molar-refractivity contribution is 6.34. The Morgan fingerprint density at radius 2 is 2.00 bits per heavy atom. The minimum atomic E-state index is -0.547. The number of amides is 1. The molecule has 2 N–H and O–H groups in total. The highest BCUT2D eigenvalue weighted by Gasteiger charge is 2.34. The molecule has 1 unspecified atom stereocenters. The van der Waals surface area contributed by atoms with Crippen molar-refractivity contribution in [2.75, 3.05) is 25.1 Å². The fraction of sp³-hybridized carbons (Fsp3) is 0.533. The Hall–Kier alpha value is -1.46. The molecule has 1 aromatic rings. The highest BCUT2D eigenvalue weighted by Crippen LogP contribution is 2.38. The summed E-state index contributed by atoms with van der Waals surface area (Å²) in [5.41, 5.74) is 0.00832. The van der Waals surface area contributed by atoms with Gasteiger partial charge in [0.2, 0.25) is 5.91 Å². The van der Waals surface area contributed by atoms with Crippen LogP contribution in [-0.2, 0) is 4.79 Å². The second kappa shape index (κ2) is 5.73. The number of anilines is 1. The van der Waals surface area contributed by atoms with E-state index in [0.717, 1.165) is 25.8 Å². The van der Waals surface area contributed by atoms with Crippen molar-refractivity contribution in [1.29, 1.82) is 0 Å². The van der Waals surface area contributed by atoms with Gasteiger partial charge in [0, 0.05) is 12.1 Å². The first kappa shape index (κ1) is 14.5. The second-order valence-corrected chi connectivity index (χ2v) is 6.05. The van der Waals surface area contributed by atoms with Crippen LogP contribution in [0.4, 0.5) is 5.69 Å². The number of nitrogens with one attached hydrogen (secondary N) is 2. The molecule has 1 fully saturated rings. The molecule has 1 aromatic carbocycles. The van der Waals surface area contributed by atoms with Gasteiger partial charge in [-0.1, -0.05) is 11.6 Å². The van der Waals surface area contributed by atoms with Crippen molar-refractivity contribution < 1.29 is 14.3 Å². The summed E-state index contributed by atoms with van der Waals surface area (Å²) in [6.45, 7) is 3.80. The Kier molecular flexibility index (Phi) is 3.95. The summed E-state index contributed by atoms with van der Waals surface area (Å²) in [6.07, 6.45) is 2.97. The number of carbonyl (C=O) groups excluding carboxylic acids is 1. The summed E-state index contributed by atoms with van der Waals surface area (Å²) in [4.78, 5) is 12.5. The minimum absolute atomic E-state index is 0.0687. The lowest BCUT2D eigenvalue weighted by atomic mass is 9.90. The van der Waals surface area contributed by atoms with E-state index in [0.29, 0.717) is 35.4 Å². The quantitative estimate of drug-likeness (QED) is 0.881. The Balaban J connectivity index is 1.79. The lowest BCUT2D eigenvalue weighted by Crippen LogP contribution is -2.54. The number of carbonyl (C=O) groups is 1. The highest BCUT2D eigenvalue weighted by atomic mass is 35.5. The van der Waals surface area contributed by atoms with Crippen molar-refractivity contribution >= 4 is 23.2 Å². The van der Waals surface area contributed by atoms with Crippen molar-refractivity contribution in [3.05, 3.63) is 17.2 Å². The fourth-order valence-electron chi connectivity index (χ4n) is 2.67. The summed E-state index contributed by atoms with van der Waals surface area (Å²) >= 11 is 6.22. The van der Waals surface area contributed by atoms with Crippen LogP contribution in [-0.4, -0.2) is 31.2 Å². The van der Waals surface area contributed by atoms with E-state index in [1.54, 1.807) is 12.1 Å². The third kappa shape index (κ3) is 2.94. The van der Waals surface area contributed by atoms with Crippen molar-refractivity contribution in [1.82, 2.24) is 5.32 Å². The lowest BCUT2D eigenvalue weighted by molar-refractivity contribution is -0.122. The predicted molar refractivity (Wildman–Crippen MR) is 81.3 cm³/mol. The molecule has 2 aliphatic rings. The van der Waals surface area contributed by atoms with Crippen molar-refractivity contribution in [2.45, 2.75) is 31.7 Å². The molecule has 0 aromatic heterocycles. The van der Waals surface area contributed by atoms with Crippen LogP contribution >= 0.6 is 11.6 Å². The van der Waals surface area contributed by atoms with Gasteiger partial charge in [-0.05, 0) is 32.7 Å². The van der Waals surface area contributed by atoms with Crippen molar-refractivity contribution in [3.8, 4) is 11.5 Å². The van der Waals surface area contributed by atoms with E-state index >= 15 is 0 Å². The van der Waals surface area contributed by atoms with Crippen LogP contribution < -0.4 is 20.1 Å². The van der Waals surface area contributed by atoms with E-state index in [2.05, 4.69) is 10.6 Å². The molecule has 0 saturated carbocycles. The normalized spacial score (nSPS) is 24.5. The smallest absolute Gasteiger partial charge is 0.244 e. The largest absolute Gasteiger partial charge is 0.486 e. The first-order chi connectivity index (χ1) is 10.1. The van der Waals surface area contributed by atoms with Gasteiger partial charge in [0.25, 0.3) is 0 Å². The third-order valence-corrected chi connectivity index (χ3v) is 4.31. The number of hydrogen-bond acceptors (Lipinski definition) is 4. The maximum Gasteiger partial charge on any atom is 0.244 e. The first-order valence-electron chi connectivity index (χ1n) is 7.24. The van der Waals surface area contributed by atoms with Gasteiger partial charge in [-0.25, -0.2) is 0 Å². The Morgan fingerprint density at radius 3 is 2.67 bits per heavy atom. The zero-order valence-corrected chi connectivity index (χ0v) is 12.8. The monoisotopic (exact) mass is 310 g/mol. The SMILES string of the molecule is CC1(C(=O)Nc2cc3c(cc2Cl)OCCO3)CCCCN1. The summed E-state index contributed by atoms with van der Waals surface area (Å²) in [6, 6.07) is 3.41. The van der Waals surface area contributed by atoms with Gasteiger partial charge >= 0.3 is 0 Å². The van der Waals surface area contributed by atoms with E-state index in [1.807, 2.05) is 6.92 Å². The molecule has 0 bridgehead atoms. The molecule has 5 nitrogen and oxygen atoms in total. The molecular weight excluding hydrogens is 292 g/mol. The molecule has 1 saturated heterocycles. The molecule has 1 atom stereocenters. The molecular formula is C15H19ClN2O3. The number of ether oxygens (including phenoxy) is 2.